The van der Waals surface area contributed by atoms with Crippen molar-refractivity contribution in [2.45, 2.75) is 38.8 Å². The molecule has 1 saturated heterocycles. The van der Waals surface area contributed by atoms with Crippen molar-refractivity contribution in [3.8, 4) is 5.75 Å². The van der Waals surface area contributed by atoms with E-state index in [4.69, 9.17) is 10.5 Å². The number of nitrogens with two attached hydrogens (primary N) is 1. The number of carbonyl (C=O) groups excluding carboxylic acids is 2. The van der Waals surface area contributed by atoms with E-state index in [1.165, 1.54) is 12.0 Å². The van der Waals surface area contributed by atoms with Crippen LogP contribution in [0.2, 0.25) is 0 Å². The highest BCUT2D eigenvalue weighted by Gasteiger charge is 2.24. The fourth-order valence-corrected chi connectivity index (χ4v) is 3.82. The van der Waals surface area contributed by atoms with E-state index in [0.29, 0.717) is 13.0 Å². The zero-order valence-electron chi connectivity index (χ0n) is 18.2. The monoisotopic (exact) mass is 529 g/mol. The number of rotatable bonds is 12. The summed E-state index contributed by atoms with van der Waals surface area (Å²) in [5.41, 5.74) is 6.45. The molecule has 0 bridgehead atoms. The number of carbonyl (C=O) groups is 2. The lowest BCUT2D eigenvalue weighted by molar-refractivity contribution is -0.121. The van der Waals surface area contributed by atoms with E-state index < -0.39 is 0 Å². The maximum Gasteiger partial charge on any atom is 0.224 e. The second-order valence-electron chi connectivity index (χ2n) is 8.24. The highest BCUT2D eigenvalue weighted by atomic mass is 127. The summed E-state index contributed by atoms with van der Waals surface area (Å²) in [6.07, 6.45) is 3.81. The van der Waals surface area contributed by atoms with Crippen molar-refractivity contribution in [2.75, 3.05) is 40.3 Å². The van der Waals surface area contributed by atoms with Crippen LogP contribution in [0, 0.1) is 15.9 Å². The molecule has 7 nitrogen and oxygen atoms in total. The lowest BCUT2D eigenvalue weighted by Crippen LogP contribution is -2.37. The lowest BCUT2D eigenvalue weighted by Gasteiger charge is -2.18. The summed E-state index contributed by atoms with van der Waals surface area (Å²) in [5, 5.41) is 3.03. The average molecular weight is 529 g/mol. The summed E-state index contributed by atoms with van der Waals surface area (Å²) >= 11 is 2.31. The van der Waals surface area contributed by atoms with Crippen molar-refractivity contribution < 1.29 is 14.3 Å². The largest absolute Gasteiger partial charge is 0.492 e. The molecule has 2 atom stereocenters. The minimum absolute atomic E-state index is 0.127. The van der Waals surface area contributed by atoms with Gasteiger partial charge in [0.1, 0.15) is 5.75 Å². The van der Waals surface area contributed by atoms with Crippen molar-refractivity contribution in [1.82, 2.24) is 15.1 Å². The number of ether oxygens (including phenoxy) is 1. The summed E-state index contributed by atoms with van der Waals surface area (Å²) in [6, 6.07) is 6.49. The summed E-state index contributed by atoms with van der Waals surface area (Å²) < 4.78 is 7.10. The summed E-state index contributed by atoms with van der Waals surface area (Å²) in [5.74, 6) is 0.104. The van der Waals surface area contributed by atoms with Crippen LogP contribution < -0.4 is 15.8 Å². The zero-order chi connectivity index (χ0) is 22.1. The molecule has 3 N–H and O–H groups in total. The summed E-state index contributed by atoms with van der Waals surface area (Å²) in [7, 11) is 4.13. The summed E-state index contributed by atoms with van der Waals surface area (Å²) in [6.45, 7) is 6.03. The number of nitrogens with one attached hydrogen (secondary N) is 1. The molecule has 0 unspecified atom stereocenters. The Labute approximate surface area is 193 Å². The SMILES string of the molecule is C[C@@H](C[CH]C(=O)N[C@H]1CCN(Cc2ccc(I)c(OCCCN(C)C)c2)C1)C(N)=O. The molecule has 0 aliphatic carbocycles. The Morgan fingerprint density at radius 2 is 2.20 bits per heavy atom. The zero-order valence-corrected chi connectivity index (χ0v) is 20.4. The van der Waals surface area contributed by atoms with Crippen LogP contribution in [0.15, 0.2) is 18.2 Å². The standard InChI is InChI=1S/C22H34IN4O3/c1-16(22(24)29)5-8-21(28)25-18-9-11-27(15-18)14-17-6-7-19(23)20(13-17)30-12-4-10-26(2)3/h6-8,13,16,18H,4-5,9-12,14-15H2,1-3H3,(H2,24,29)(H,25,28)/t16-,18-/m0/s1. The number of benzene rings is 1. The Bertz CT molecular complexity index is 714. The van der Waals surface area contributed by atoms with Gasteiger partial charge in [-0.2, -0.15) is 0 Å². The second-order valence-corrected chi connectivity index (χ2v) is 9.40. The molecule has 167 valence electrons. The third kappa shape index (κ3) is 8.77. The average Bonchev–Trinajstić information content (AvgIpc) is 3.11. The topological polar surface area (TPSA) is 87.9 Å². The summed E-state index contributed by atoms with van der Waals surface area (Å²) in [4.78, 5) is 27.7. The number of amides is 2. The van der Waals surface area contributed by atoms with Crippen LogP contribution in [-0.2, 0) is 16.1 Å². The van der Waals surface area contributed by atoms with Gasteiger partial charge >= 0.3 is 0 Å². The Morgan fingerprint density at radius 3 is 2.90 bits per heavy atom. The van der Waals surface area contributed by atoms with Gasteiger partial charge in [0.2, 0.25) is 11.8 Å². The third-order valence-corrected chi connectivity index (χ3v) is 6.06. The first-order chi connectivity index (χ1) is 14.2. The van der Waals surface area contributed by atoms with Crippen molar-refractivity contribution >= 4 is 34.4 Å². The molecule has 1 aromatic rings. The normalized spacial score (nSPS) is 17.8. The number of halogens is 1. The first-order valence-corrected chi connectivity index (χ1v) is 11.5. The second kappa shape index (κ2) is 12.5. The van der Waals surface area contributed by atoms with E-state index in [0.717, 1.165) is 48.3 Å². The Kier molecular flexibility index (Phi) is 10.3. The molecule has 1 heterocycles. The van der Waals surface area contributed by atoms with E-state index in [1.807, 2.05) is 0 Å². The fourth-order valence-electron chi connectivity index (χ4n) is 3.33. The quantitative estimate of drug-likeness (QED) is 0.320. The van der Waals surface area contributed by atoms with Gasteiger partial charge in [-0.1, -0.05) is 13.0 Å². The van der Waals surface area contributed by atoms with Gasteiger partial charge in [-0.05, 0) is 73.6 Å². The molecule has 1 aliphatic rings. The molecule has 8 heteroatoms. The van der Waals surface area contributed by atoms with Gasteiger partial charge in [-0.15, -0.1) is 0 Å². The highest BCUT2D eigenvalue weighted by molar-refractivity contribution is 14.1. The molecule has 2 rings (SSSR count). The molecule has 0 aromatic heterocycles. The molecule has 0 saturated carbocycles. The van der Waals surface area contributed by atoms with E-state index in [1.54, 1.807) is 6.92 Å². The van der Waals surface area contributed by atoms with Crippen molar-refractivity contribution in [1.29, 1.82) is 0 Å². The van der Waals surface area contributed by atoms with Gasteiger partial charge < -0.3 is 20.7 Å². The van der Waals surface area contributed by atoms with Gasteiger partial charge in [0.25, 0.3) is 0 Å². The number of hydrogen-bond donors (Lipinski definition) is 2. The number of hydrogen-bond acceptors (Lipinski definition) is 5. The molecule has 2 amide bonds. The van der Waals surface area contributed by atoms with Gasteiger partial charge in [-0.25, -0.2) is 0 Å². The van der Waals surface area contributed by atoms with Crippen molar-refractivity contribution in [3.63, 3.8) is 0 Å². The molecule has 1 aliphatic heterocycles. The van der Waals surface area contributed by atoms with Crippen molar-refractivity contribution in [3.05, 3.63) is 33.8 Å². The number of likely N-dealkylation sites (tertiary alicyclic amines) is 1. The molecule has 1 radical (unpaired) electrons. The smallest absolute Gasteiger partial charge is 0.224 e. The minimum atomic E-state index is -0.385. The van der Waals surface area contributed by atoms with Gasteiger partial charge in [-0.3, -0.25) is 14.5 Å². The number of nitrogens with zero attached hydrogens (tertiary/aromatic N) is 2. The van der Waals surface area contributed by atoms with Crippen LogP contribution >= 0.6 is 22.6 Å². The Morgan fingerprint density at radius 1 is 1.43 bits per heavy atom. The van der Waals surface area contributed by atoms with E-state index >= 15 is 0 Å². The Hall–Kier alpha value is -1.39. The first-order valence-electron chi connectivity index (χ1n) is 10.5. The highest BCUT2D eigenvalue weighted by Crippen LogP contribution is 2.24. The van der Waals surface area contributed by atoms with E-state index in [9.17, 15) is 9.59 Å². The molecule has 1 fully saturated rings. The van der Waals surface area contributed by atoms with Crippen molar-refractivity contribution in [2.24, 2.45) is 11.7 Å². The first kappa shape index (κ1) is 24.9. The van der Waals surface area contributed by atoms with Gasteiger partial charge in [0, 0.05) is 38.1 Å². The lowest BCUT2D eigenvalue weighted by atomic mass is 10.0. The van der Waals surface area contributed by atoms with E-state index in [2.05, 4.69) is 70.0 Å². The van der Waals surface area contributed by atoms with Crippen LogP contribution in [0.25, 0.3) is 0 Å². The maximum absolute atomic E-state index is 12.1. The minimum Gasteiger partial charge on any atom is -0.492 e. The van der Waals surface area contributed by atoms with Gasteiger partial charge in [0.05, 0.1) is 16.6 Å². The third-order valence-electron chi connectivity index (χ3n) is 5.17. The molecule has 0 spiro atoms. The van der Waals surface area contributed by atoms with Gasteiger partial charge in [0.15, 0.2) is 0 Å². The van der Waals surface area contributed by atoms with Crippen LogP contribution in [0.4, 0.5) is 0 Å². The molecule has 30 heavy (non-hydrogen) atoms. The molecular formula is C22H34IN4O3. The fraction of sp³-hybridized carbons (Fsp3) is 0.591. The number of primary amides is 1. The predicted molar refractivity (Wildman–Crippen MR) is 127 cm³/mol. The van der Waals surface area contributed by atoms with Crippen LogP contribution in [0.5, 0.6) is 5.75 Å². The van der Waals surface area contributed by atoms with Crippen LogP contribution in [0.3, 0.4) is 0 Å². The maximum atomic E-state index is 12.1. The predicted octanol–water partition coefficient (Wildman–Crippen LogP) is 2.03. The molecule has 1 aromatic carbocycles. The van der Waals surface area contributed by atoms with Crippen LogP contribution in [-0.4, -0.2) is 68.0 Å². The van der Waals surface area contributed by atoms with E-state index in [-0.39, 0.29) is 23.8 Å². The van der Waals surface area contributed by atoms with Crippen LogP contribution in [0.1, 0.15) is 31.7 Å². The molecular weight excluding hydrogens is 495 g/mol. The Balaban J connectivity index is 1.77.